The third kappa shape index (κ3) is 7.75. The van der Waals surface area contributed by atoms with Gasteiger partial charge in [-0.25, -0.2) is 14.4 Å². The van der Waals surface area contributed by atoms with Crippen LogP contribution < -0.4 is 14.8 Å². The lowest BCUT2D eigenvalue weighted by molar-refractivity contribution is -0.152. The summed E-state index contributed by atoms with van der Waals surface area (Å²) in [7, 11) is 2.82. The molecule has 1 aromatic carbocycles. The van der Waals surface area contributed by atoms with Crippen molar-refractivity contribution in [3.63, 3.8) is 0 Å². The minimum Gasteiger partial charge on any atom is -0.497 e. The number of fused-ring (bicyclic) bond motifs is 3. The van der Waals surface area contributed by atoms with Gasteiger partial charge in [0, 0.05) is 24.6 Å². The number of nitrogens with zero attached hydrogens (tertiary/aromatic N) is 2. The second-order valence-corrected chi connectivity index (χ2v) is 13.4. The maximum atomic E-state index is 13.9. The van der Waals surface area contributed by atoms with Crippen LogP contribution in [0.25, 0.3) is 0 Å². The Bertz CT molecular complexity index is 1290. The zero-order chi connectivity index (χ0) is 32.2. The van der Waals surface area contributed by atoms with E-state index in [-0.39, 0.29) is 31.5 Å². The number of hydrogen-bond acceptors (Lipinski definition) is 9. The van der Waals surface area contributed by atoms with Crippen molar-refractivity contribution in [3.8, 4) is 11.5 Å². The van der Waals surface area contributed by atoms with Crippen LogP contribution in [0.3, 0.4) is 0 Å². The highest BCUT2D eigenvalue weighted by Gasteiger charge is 2.47. The Hall–Kier alpha value is -3.96. The highest BCUT2D eigenvalue weighted by molar-refractivity contribution is 5.91. The van der Waals surface area contributed by atoms with Crippen molar-refractivity contribution in [1.29, 1.82) is 0 Å². The molecule has 242 valence electrons. The van der Waals surface area contributed by atoms with E-state index in [2.05, 4.69) is 5.32 Å². The van der Waals surface area contributed by atoms with Gasteiger partial charge >= 0.3 is 18.2 Å². The summed E-state index contributed by atoms with van der Waals surface area (Å²) >= 11 is 0. The molecule has 12 heteroatoms. The molecule has 0 aromatic heterocycles. The van der Waals surface area contributed by atoms with Crippen LogP contribution in [0, 0.1) is 10.8 Å². The number of benzene rings is 1. The van der Waals surface area contributed by atoms with Gasteiger partial charge in [-0.1, -0.05) is 46.8 Å². The van der Waals surface area contributed by atoms with Gasteiger partial charge in [0.25, 0.3) is 0 Å². The maximum absolute atomic E-state index is 13.9. The third-order valence-electron chi connectivity index (χ3n) is 8.22. The van der Waals surface area contributed by atoms with Crippen molar-refractivity contribution in [2.75, 3.05) is 34.0 Å². The first-order chi connectivity index (χ1) is 20.7. The van der Waals surface area contributed by atoms with Crippen molar-refractivity contribution in [3.05, 3.63) is 35.4 Å². The number of cyclic esters (lactones) is 1. The highest BCUT2D eigenvalue weighted by atomic mass is 16.6. The molecule has 3 aliphatic rings. The van der Waals surface area contributed by atoms with Gasteiger partial charge in [0.05, 0.1) is 33.9 Å². The van der Waals surface area contributed by atoms with Crippen molar-refractivity contribution in [1.82, 2.24) is 15.1 Å². The van der Waals surface area contributed by atoms with Crippen LogP contribution in [0.1, 0.15) is 65.0 Å². The SMILES string of the molecule is COC(=O)C1C[C@@H]2CN1C(=O)[C@H](C(C)(C)C)NC(=O)OCC(C)(C)CCC=CCOc1cc(OC)cc3c1CN(C3)C(=O)O2. The van der Waals surface area contributed by atoms with E-state index in [1.54, 1.807) is 18.1 Å². The number of rotatable bonds is 2. The summed E-state index contributed by atoms with van der Waals surface area (Å²) in [5.41, 5.74) is 0.720. The first-order valence-corrected chi connectivity index (χ1v) is 15.0. The lowest BCUT2D eigenvalue weighted by Gasteiger charge is -2.35. The molecule has 3 heterocycles. The van der Waals surface area contributed by atoms with Crippen LogP contribution in [0.15, 0.2) is 24.3 Å². The van der Waals surface area contributed by atoms with Gasteiger partial charge in [0.15, 0.2) is 0 Å². The molecular weight excluding hydrogens is 570 g/mol. The highest BCUT2D eigenvalue weighted by Crippen LogP contribution is 2.36. The lowest BCUT2D eigenvalue weighted by Crippen LogP contribution is -2.57. The summed E-state index contributed by atoms with van der Waals surface area (Å²) in [6.45, 7) is 10.5. The van der Waals surface area contributed by atoms with E-state index in [9.17, 15) is 19.2 Å². The van der Waals surface area contributed by atoms with Gasteiger partial charge in [-0.05, 0) is 35.3 Å². The predicted octanol–water partition coefficient (Wildman–Crippen LogP) is 4.19. The van der Waals surface area contributed by atoms with Gasteiger partial charge < -0.3 is 33.9 Å². The van der Waals surface area contributed by atoms with E-state index >= 15 is 0 Å². The Kier molecular flexibility index (Phi) is 10.00. The Morgan fingerprint density at radius 2 is 1.82 bits per heavy atom. The number of alkyl carbamates (subject to hydrolysis) is 1. The van der Waals surface area contributed by atoms with Gasteiger partial charge in [0.1, 0.15) is 36.3 Å². The molecule has 3 amide bonds. The van der Waals surface area contributed by atoms with Crippen LogP contribution >= 0.6 is 0 Å². The topological polar surface area (TPSA) is 133 Å². The predicted molar refractivity (Wildman–Crippen MR) is 160 cm³/mol. The monoisotopic (exact) mass is 615 g/mol. The fraction of sp³-hybridized carbons (Fsp3) is 0.625. The number of hydrogen-bond donors (Lipinski definition) is 1. The fourth-order valence-corrected chi connectivity index (χ4v) is 5.63. The van der Waals surface area contributed by atoms with Crippen molar-refractivity contribution < 1.29 is 42.9 Å². The van der Waals surface area contributed by atoms with E-state index in [1.165, 1.54) is 12.0 Å². The number of amides is 3. The summed E-state index contributed by atoms with van der Waals surface area (Å²) in [5.74, 6) is 0.123. The molecule has 4 rings (SSSR count). The van der Waals surface area contributed by atoms with Gasteiger partial charge in [-0.3, -0.25) is 9.69 Å². The zero-order valence-electron chi connectivity index (χ0n) is 26.8. The van der Waals surface area contributed by atoms with Crippen molar-refractivity contribution in [2.45, 2.75) is 85.2 Å². The molecule has 0 saturated carbocycles. The Balaban J connectivity index is 1.63. The Labute approximate surface area is 258 Å². The minimum atomic E-state index is -1.01. The van der Waals surface area contributed by atoms with Gasteiger partial charge in [-0.15, -0.1) is 0 Å². The molecule has 0 radical (unpaired) electrons. The normalized spacial score (nSPS) is 24.7. The largest absolute Gasteiger partial charge is 0.497 e. The summed E-state index contributed by atoms with van der Waals surface area (Å²) in [6, 6.07) is 1.68. The molecule has 3 aliphatic heterocycles. The number of carbonyl (C=O) groups is 4. The fourth-order valence-electron chi connectivity index (χ4n) is 5.63. The molecule has 0 aliphatic carbocycles. The number of nitrogens with one attached hydrogen (secondary N) is 1. The minimum absolute atomic E-state index is 0.0318. The molecule has 3 atom stereocenters. The van der Waals surface area contributed by atoms with E-state index in [0.717, 1.165) is 24.0 Å². The molecule has 1 aromatic rings. The van der Waals surface area contributed by atoms with Crippen LogP contribution in [-0.2, 0) is 36.9 Å². The Morgan fingerprint density at radius 1 is 1.07 bits per heavy atom. The van der Waals surface area contributed by atoms with Crippen LogP contribution in [0.5, 0.6) is 11.5 Å². The maximum Gasteiger partial charge on any atom is 0.410 e. The summed E-state index contributed by atoms with van der Waals surface area (Å²) in [6.07, 6.45) is 3.45. The first-order valence-electron chi connectivity index (χ1n) is 15.0. The smallest absolute Gasteiger partial charge is 0.410 e. The number of esters is 1. The summed E-state index contributed by atoms with van der Waals surface area (Å²) in [5, 5.41) is 2.73. The number of ether oxygens (including phenoxy) is 5. The van der Waals surface area contributed by atoms with E-state index in [0.29, 0.717) is 24.7 Å². The van der Waals surface area contributed by atoms with E-state index < -0.39 is 47.7 Å². The van der Waals surface area contributed by atoms with Crippen LogP contribution in [0.2, 0.25) is 0 Å². The number of carbonyl (C=O) groups excluding carboxylic acids is 4. The van der Waals surface area contributed by atoms with E-state index in [1.807, 2.05) is 52.8 Å². The van der Waals surface area contributed by atoms with Crippen molar-refractivity contribution in [2.24, 2.45) is 10.8 Å². The van der Waals surface area contributed by atoms with E-state index in [4.69, 9.17) is 23.7 Å². The Morgan fingerprint density at radius 3 is 2.50 bits per heavy atom. The second-order valence-electron chi connectivity index (χ2n) is 13.4. The average Bonchev–Trinajstić information content (AvgIpc) is 3.59. The van der Waals surface area contributed by atoms with Gasteiger partial charge in [0.2, 0.25) is 5.91 Å². The molecule has 44 heavy (non-hydrogen) atoms. The quantitative estimate of drug-likeness (QED) is 0.295. The van der Waals surface area contributed by atoms with Crippen molar-refractivity contribution >= 4 is 24.1 Å². The standard InChI is InChI=1S/C32H45N3O9/c1-31(2,3)26-27(36)35-17-22(14-24(35)28(37)41-7)44-30(39)34-16-20-13-21(40-6)15-25(23(20)18-34)42-12-10-8-9-11-32(4,5)19-43-29(38)33-26/h8,10,13,15,22,24,26H,9,11-12,14,16-19H2,1-7H3,(H,33,38)/t22-,24?,26-/m1/s1. The molecule has 12 nitrogen and oxygen atoms in total. The molecule has 1 N–H and O–H groups in total. The second kappa shape index (κ2) is 13.4. The first kappa shape index (κ1) is 32.9. The lowest BCUT2D eigenvalue weighted by atomic mass is 9.85. The van der Waals surface area contributed by atoms with Gasteiger partial charge in [-0.2, -0.15) is 0 Å². The van der Waals surface area contributed by atoms with Crippen LogP contribution in [-0.4, -0.2) is 86.0 Å². The van der Waals surface area contributed by atoms with Crippen LogP contribution in [0.4, 0.5) is 9.59 Å². The molecule has 1 unspecified atom stereocenters. The third-order valence-corrected chi connectivity index (χ3v) is 8.22. The molecule has 1 fully saturated rings. The molecular formula is C32H45N3O9. The zero-order valence-corrected chi connectivity index (χ0v) is 26.8. The molecule has 4 bridgehead atoms. The summed E-state index contributed by atoms with van der Waals surface area (Å²) in [4.78, 5) is 55.9. The number of allylic oxidation sites excluding steroid dienone is 1. The summed E-state index contributed by atoms with van der Waals surface area (Å²) < 4.78 is 28.0. The molecule has 1 saturated heterocycles. The average molecular weight is 616 g/mol. The number of methoxy groups -OCH3 is 2. The molecule has 0 spiro atoms.